The molecule has 5 nitrogen and oxygen atoms in total. The van der Waals surface area contributed by atoms with Crippen molar-refractivity contribution in [1.29, 1.82) is 0 Å². The second-order valence-corrected chi connectivity index (χ2v) is 7.65. The summed E-state index contributed by atoms with van der Waals surface area (Å²) in [6.07, 6.45) is -1.09. The quantitative estimate of drug-likeness (QED) is 0.745. The van der Waals surface area contributed by atoms with Crippen LogP contribution in [0, 0.1) is 5.92 Å². The number of benzene rings is 1. The van der Waals surface area contributed by atoms with Crippen LogP contribution < -0.4 is 11.1 Å². The zero-order chi connectivity index (χ0) is 21.2. The number of hydrogen-bond donors (Lipinski definition) is 2. The number of rotatable bonds is 5. The lowest BCUT2D eigenvalue weighted by molar-refractivity contribution is -0.137. The lowest BCUT2D eigenvalue weighted by Gasteiger charge is -2.40. The van der Waals surface area contributed by atoms with Gasteiger partial charge in [-0.1, -0.05) is 23.7 Å². The number of alkyl halides is 3. The molecule has 1 saturated heterocycles. The Morgan fingerprint density at radius 1 is 1.34 bits per heavy atom. The fourth-order valence-electron chi connectivity index (χ4n) is 3.80. The van der Waals surface area contributed by atoms with Crippen LogP contribution in [0.25, 0.3) is 0 Å². The molecule has 1 aromatic carbocycles. The summed E-state index contributed by atoms with van der Waals surface area (Å²) in [7, 11) is 1.97. The van der Waals surface area contributed by atoms with Gasteiger partial charge in [-0.3, -0.25) is 9.69 Å². The number of hydrogen-bond acceptors (Lipinski definition) is 4. The molecule has 1 aliphatic rings. The number of likely N-dealkylation sites (tertiary alicyclic amines) is 1. The molecule has 1 aliphatic heterocycles. The second-order valence-electron chi connectivity index (χ2n) is 7.25. The summed E-state index contributed by atoms with van der Waals surface area (Å²) in [5, 5.41) is 3.49. The smallest absolute Gasteiger partial charge is 0.368 e. The highest BCUT2D eigenvalue weighted by Gasteiger charge is 2.33. The lowest BCUT2D eigenvalue weighted by Crippen LogP contribution is -2.39. The number of nitrogens with two attached hydrogens (primary N) is 1. The first-order valence-corrected chi connectivity index (χ1v) is 9.61. The maximum Gasteiger partial charge on any atom is 0.416 e. The summed E-state index contributed by atoms with van der Waals surface area (Å²) < 4.78 is 38.6. The van der Waals surface area contributed by atoms with Crippen LogP contribution in [0.1, 0.15) is 40.4 Å². The molecule has 0 spiro atoms. The molecule has 0 radical (unpaired) electrons. The molecule has 2 heterocycles. The Bertz CT molecular complexity index is 873. The standard InChI is InChI=1S/C20H22ClF3N4O/c1-28-8-2-3-13(10-26-19-16(21)9-14(11-27-19)18(25)29)17(28)12-4-6-15(7-5-12)20(22,23)24/h4-7,9,11,13,17H,2-3,8,10H2,1H3,(H2,25,29)(H,26,27). The monoisotopic (exact) mass is 426 g/mol. The van der Waals surface area contributed by atoms with Gasteiger partial charge in [0, 0.05) is 18.8 Å². The van der Waals surface area contributed by atoms with E-state index in [1.54, 1.807) is 12.1 Å². The molecule has 0 aliphatic carbocycles. The van der Waals surface area contributed by atoms with Crippen molar-refractivity contribution in [2.45, 2.75) is 25.1 Å². The zero-order valence-electron chi connectivity index (χ0n) is 15.8. The van der Waals surface area contributed by atoms with Crippen LogP contribution in [-0.4, -0.2) is 35.9 Å². The molecule has 1 aromatic heterocycles. The van der Waals surface area contributed by atoms with Crippen molar-refractivity contribution in [3.63, 3.8) is 0 Å². The molecule has 0 bridgehead atoms. The average Bonchev–Trinajstić information content (AvgIpc) is 2.66. The van der Waals surface area contributed by atoms with Crippen LogP contribution in [0.4, 0.5) is 19.0 Å². The molecule has 0 saturated carbocycles. The van der Waals surface area contributed by atoms with Gasteiger partial charge in [0.1, 0.15) is 5.82 Å². The number of halogens is 4. The van der Waals surface area contributed by atoms with E-state index < -0.39 is 17.6 Å². The van der Waals surface area contributed by atoms with E-state index in [1.807, 2.05) is 7.05 Å². The topological polar surface area (TPSA) is 71.2 Å². The summed E-state index contributed by atoms with van der Waals surface area (Å²) in [6, 6.07) is 6.79. The molecular weight excluding hydrogens is 405 g/mol. The molecule has 1 amide bonds. The molecule has 156 valence electrons. The van der Waals surface area contributed by atoms with E-state index >= 15 is 0 Å². The number of piperidine rings is 1. The average molecular weight is 427 g/mol. The molecule has 29 heavy (non-hydrogen) atoms. The van der Waals surface area contributed by atoms with Crippen LogP contribution in [0.15, 0.2) is 36.5 Å². The molecule has 2 unspecified atom stereocenters. The van der Waals surface area contributed by atoms with Crippen molar-refractivity contribution in [1.82, 2.24) is 9.88 Å². The Morgan fingerprint density at radius 2 is 2.03 bits per heavy atom. The van der Waals surface area contributed by atoms with Gasteiger partial charge in [-0.15, -0.1) is 0 Å². The van der Waals surface area contributed by atoms with Crippen molar-refractivity contribution < 1.29 is 18.0 Å². The first-order chi connectivity index (χ1) is 13.7. The van der Waals surface area contributed by atoms with Crippen LogP contribution in [0.5, 0.6) is 0 Å². The lowest BCUT2D eigenvalue weighted by atomic mass is 9.84. The van der Waals surface area contributed by atoms with E-state index in [1.165, 1.54) is 12.3 Å². The van der Waals surface area contributed by atoms with E-state index in [2.05, 4.69) is 15.2 Å². The number of carbonyl (C=O) groups is 1. The highest BCUT2D eigenvalue weighted by molar-refractivity contribution is 6.33. The highest BCUT2D eigenvalue weighted by Crippen LogP contribution is 2.37. The highest BCUT2D eigenvalue weighted by atomic mass is 35.5. The minimum Gasteiger partial charge on any atom is -0.368 e. The van der Waals surface area contributed by atoms with Gasteiger partial charge >= 0.3 is 6.18 Å². The third kappa shape index (κ3) is 5.00. The first-order valence-electron chi connectivity index (χ1n) is 9.23. The molecule has 3 N–H and O–H groups in total. The predicted octanol–water partition coefficient (Wildman–Crippen LogP) is 4.35. The molecular formula is C20H22ClF3N4O. The SMILES string of the molecule is CN1CCCC(CNc2ncc(C(N)=O)cc2Cl)C1c1ccc(C(F)(F)F)cc1. The third-order valence-corrected chi connectivity index (χ3v) is 5.53. The number of aromatic nitrogens is 1. The molecule has 9 heteroatoms. The summed E-state index contributed by atoms with van der Waals surface area (Å²) in [5.41, 5.74) is 5.64. The Balaban J connectivity index is 1.76. The number of primary amides is 1. The number of nitrogens with one attached hydrogen (secondary N) is 1. The van der Waals surface area contributed by atoms with Crippen molar-refractivity contribution in [3.05, 3.63) is 58.2 Å². The van der Waals surface area contributed by atoms with Crippen LogP contribution in [0.3, 0.4) is 0 Å². The van der Waals surface area contributed by atoms with Crippen LogP contribution >= 0.6 is 11.6 Å². The Morgan fingerprint density at radius 3 is 2.62 bits per heavy atom. The van der Waals surface area contributed by atoms with Gasteiger partial charge in [-0.2, -0.15) is 13.2 Å². The van der Waals surface area contributed by atoms with Gasteiger partial charge in [-0.05, 0) is 56.1 Å². The second kappa shape index (κ2) is 8.59. The summed E-state index contributed by atoms with van der Waals surface area (Å²) in [6.45, 7) is 1.41. The van der Waals surface area contributed by atoms with Gasteiger partial charge < -0.3 is 11.1 Å². The zero-order valence-corrected chi connectivity index (χ0v) is 16.6. The van der Waals surface area contributed by atoms with Gasteiger partial charge in [0.25, 0.3) is 0 Å². The van der Waals surface area contributed by atoms with Crippen molar-refractivity contribution in [2.24, 2.45) is 11.7 Å². The minimum absolute atomic E-state index is 0.0257. The molecule has 3 rings (SSSR count). The fraction of sp³-hybridized carbons (Fsp3) is 0.400. The predicted molar refractivity (Wildman–Crippen MR) is 106 cm³/mol. The van der Waals surface area contributed by atoms with E-state index in [-0.39, 0.29) is 22.5 Å². The van der Waals surface area contributed by atoms with E-state index in [0.717, 1.165) is 37.1 Å². The van der Waals surface area contributed by atoms with Crippen molar-refractivity contribution >= 4 is 23.3 Å². The van der Waals surface area contributed by atoms with E-state index in [0.29, 0.717) is 12.4 Å². The number of amides is 1. The molecule has 1 fully saturated rings. The Kier molecular flexibility index (Phi) is 6.33. The molecule has 2 atom stereocenters. The van der Waals surface area contributed by atoms with E-state index in [4.69, 9.17) is 17.3 Å². The Labute approximate surface area is 172 Å². The van der Waals surface area contributed by atoms with Gasteiger partial charge in [-0.25, -0.2) is 4.98 Å². The fourth-order valence-corrected chi connectivity index (χ4v) is 4.03. The summed E-state index contributed by atoms with van der Waals surface area (Å²) >= 11 is 6.18. The summed E-state index contributed by atoms with van der Waals surface area (Å²) in [4.78, 5) is 17.5. The van der Waals surface area contributed by atoms with Crippen molar-refractivity contribution in [2.75, 3.05) is 25.5 Å². The Hall–Kier alpha value is -2.32. The van der Waals surface area contributed by atoms with Crippen LogP contribution in [0.2, 0.25) is 5.02 Å². The number of pyridine rings is 1. The van der Waals surface area contributed by atoms with Gasteiger partial charge in [0.2, 0.25) is 5.91 Å². The van der Waals surface area contributed by atoms with Gasteiger partial charge in [0.05, 0.1) is 16.1 Å². The van der Waals surface area contributed by atoms with Gasteiger partial charge in [0.15, 0.2) is 0 Å². The van der Waals surface area contributed by atoms with E-state index in [9.17, 15) is 18.0 Å². The maximum atomic E-state index is 12.9. The van der Waals surface area contributed by atoms with Crippen LogP contribution in [-0.2, 0) is 6.18 Å². The number of carbonyl (C=O) groups excluding carboxylic acids is 1. The minimum atomic E-state index is -4.35. The first kappa shape index (κ1) is 21.4. The number of nitrogens with zero attached hydrogens (tertiary/aromatic N) is 2. The van der Waals surface area contributed by atoms with Crippen molar-refractivity contribution in [3.8, 4) is 0 Å². The molecule has 2 aromatic rings. The number of anilines is 1. The maximum absolute atomic E-state index is 12.9. The largest absolute Gasteiger partial charge is 0.416 e. The summed E-state index contributed by atoms with van der Waals surface area (Å²) in [5.74, 6) is -0.0162. The third-order valence-electron chi connectivity index (χ3n) is 5.24. The normalized spacial score (nSPS) is 20.4.